The number of halogens is 1. The fourth-order valence-electron chi connectivity index (χ4n) is 3.04. The summed E-state index contributed by atoms with van der Waals surface area (Å²) in [7, 11) is 0. The van der Waals surface area contributed by atoms with Crippen LogP contribution in [0.5, 0.6) is 0 Å². The molecule has 2 aromatic rings. The van der Waals surface area contributed by atoms with Gasteiger partial charge < -0.3 is 20.1 Å². The highest BCUT2D eigenvalue weighted by molar-refractivity contribution is 6.31. The maximum absolute atomic E-state index is 12.3. The second-order valence-corrected chi connectivity index (χ2v) is 7.10. The van der Waals surface area contributed by atoms with Crippen molar-refractivity contribution in [2.45, 2.75) is 19.8 Å². The van der Waals surface area contributed by atoms with E-state index in [-0.39, 0.29) is 30.2 Å². The van der Waals surface area contributed by atoms with Crippen molar-refractivity contribution in [2.75, 3.05) is 25.0 Å². The number of rotatable bonds is 5. The van der Waals surface area contributed by atoms with Gasteiger partial charge in [0, 0.05) is 35.7 Å². The minimum absolute atomic E-state index is 0.0968. The summed E-state index contributed by atoms with van der Waals surface area (Å²) in [4.78, 5) is 38.4. The summed E-state index contributed by atoms with van der Waals surface area (Å²) in [5, 5.41) is 9.53. The molecule has 1 aliphatic heterocycles. The lowest BCUT2D eigenvalue weighted by atomic mass is 9.96. The Hall–Kier alpha value is -2.87. The number of hydrogen-bond donors (Lipinski definition) is 2. The molecular weight excluding hydrogens is 384 g/mol. The Labute approximate surface area is 167 Å². The Bertz CT molecular complexity index is 874. The standard InChI is InChI=1S/C19H21ClN4O4/c1-12-9-16(23-28-12)22-19(27)13-5-7-24(8-6-13)17(25)11-21-18(26)14-3-2-4-15(20)10-14/h2-4,9-10,13H,5-8,11H2,1H3,(H,21,26)(H,22,23,27). The summed E-state index contributed by atoms with van der Waals surface area (Å²) >= 11 is 5.87. The van der Waals surface area contributed by atoms with E-state index >= 15 is 0 Å². The quantitative estimate of drug-likeness (QED) is 0.795. The Morgan fingerprint density at radius 2 is 2.00 bits per heavy atom. The van der Waals surface area contributed by atoms with Gasteiger partial charge >= 0.3 is 0 Å². The largest absolute Gasteiger partial charge is 0.360 e. The van der Waals surface area contributed by atoms with Crippen LogP contribution in [0.25, 0.3) is 0 Å². The van der Waals surface area contributed by atoms with E-state index in [0.717, 1.165) is 0 Å². The summed E-state index contributed by atoms with van der Waals surface area (Å²) in [5.74, 6) is 0.159. The van der Waals surface area contributed by atoms with Gasteiger partial charge in [-0.25, -0.2) is 0 Å². The number of carbonyl (C=O) groups is 3. The van der Waals surface area contributed by atoms with Crippen LogP contribution >= 0.6 is 11.6 Å². The predicted molar refractivity (Wildman–Crippen MR) is 103 cm³/mol. The molecule has 0 radical (unpaired) electrons. The minimum Gasteiger partial charge on any atom is -0.360 e. The van der Waals surface area contributed by atoms with Crippen LogP contribution in [0, 0.1) is 12.8 Å². The van der Waals surface area contributed by atoms with Crippen LogP contribution in [0.1, 0.15) is 29.0 Å². The molecule has 9 heteroatoms. The van der Waals surface area contributed by atoms with Gasteiger partial charge in [-0.15, -0.1) is 0 Å². The van der Waals surface area contributed by atoms with Crippen LogP contribution in [0.4, 0.5) is 5.82 Å². The highest BCUT2D eigenvalue weighted by Crippen LogP contribution is 2.19. The number of piperidine rings is 1. The van der Waals surface area contributed by atoms with Gasteiger partial charge in [0.2, 0.25) is 11.8 Å². The first-order valence-electron chi connectivity index (χ1n) is 8.98. The van der Waals surface area contributed by atoms with E-state index in [2.05, 4.69) is 15.8 Å². The van der Waals surface area contributed by atoms with Crippen LogP contribution in [-0.2, 0) is 9.59 Å². The number of hydrogen-bond acceptors (Lipinski definition) is 5. The summed E-state index contributed by atoms with van der Waals surface area (Å²) in [6, 6.07) is 8.18. The lowest BCUT2D eigenvalue weighted by Crippen LogP contribution is -2.45. The molecule has 0 unspecified atom stereocenters. The molecule has 148 valence electrons. The maximum Gasteiger partial charge on any atom is 0.251 e. The van der Waals surface area contributed by atoms with Crippen LogP contribution in [0.3, 0.4) is 0 Å². The van der Waals surface area contributed by atoms with E-state index < -0.39 is 0 Å². The van der Waals surface area contributed by atoms with Gasteiger partial charge in [0.15, 0.2) is 5.82 Å². The van der Waals surface area contributed by atoms with E-state index in [4.69, 9.17) is 16.1 Å². The maximum atomic E-state index is 12.3. The zero-order valence-electron chi connectivity index (χ0n) is 15.4. The summed E-state index contributed by atoms with van der Waals surface area (Å²) in [5.41, 5.74) is 0.402. The van der Waals surface area contributed by atoms with Crippen LogP contribution < -0.4 is 10.6 Å². The molecule has 0 aliphatic carbocycles. The van der Waals surface area contributed by atoms with Gasteiger partial charge in [0.25, 0.3) is 5.91 Å². The van der Waals surface area contributed by atoms with Crippen molar-refractivity contribution >= 4 is 35.1 Å². The number of anilines is 1. The smallest absolute Gasteiger partial charge is 0.251 e. The number of benzene rings is 1. The summed E-state index contributed by atoms with van der Waals surface area (Å²) in [6.45, 7) is 2.57. The van der Waals surface area contributed by atoms with E-state index in [1.54, 1.807) is 42.2 Å². The predicted octanol–water partition coefficient (Wildman–Crippen LogP) is 2.24. The third kappa shape index (κ3) is 5.10. The highest BCUT2D eigenvalue weighted by atomic mass is 35.5. The number of aromatic nitrogens is 1. The van der Waals surface area contributed by atoms with E-state index in [1.807, 2.05) is 0 Å². The lowest BCUT2D eigenvalue weighted by molar-refractivity contribution is -0.133. The van der Waals surface area contributed by atoms with E-state index in [1.165, 1.54) is 0 Å². The number of likely N-dealkylation sites (tertiary alicyclic amines) is 1. The second kappa shape index (κ2) is 8.88. The van der Waals surface area contributed by atoms with Crippen molar-refractivity contribution in [2.24, 2.45) is 5.92 Å². The van der Waals surface area contributed by atoms with Crippen LogP contribution in [0.15, 0.2) is 34.9 Å². The highest BCUT2D eigenvalue weighted by Gasteiger charge is 2.28. The Morgan fingerprint density at radius 1 is 1.25 bits per heavy atom. The average Bonchev–Trinajstić information content (AvgIpc) is 3.10. The normalized spacial score (nSPS) is 14.6. The molecule has 2 heterocycles. The number of nitrogens with zero attached hydrogens (tertiary/aromatic N) is 2. The van der Waals surface area contributed by atoms with Crippen molar-refractivity contribution in [3.05, 3.63) is 46.7 Å². The van der Waals surface area contributed by atoms with Gasteiger partial charge in [-0.3, -0.25) is 14.4 Å². The first-order chi connectivity index (χ1) is 13.4. The van der Waals surface area contributed by atoms with Gasteiger partial charge in [-0.2, -0.15) is 0 Å². The fourth-order valence-corrected chi connectivity index (χ4v) is 3.23. The molecule has 1 fully saturated rings. The third-order valence-electron chi connectivity index (χ3n) is 4.58. The van der Waals surface area contributed by atoms with Crippen molar-refractivity contribution in [1.82, 2.24) is 15.4 Å². The van der Waals surface area contributed by atoms with Gasteiger partial charge in [-0.05, 0) is 38.0 Å². The van der Waals surface area contributed by atoms with Gasteiger partial charge in [0.1, 0.15) is 5.76 Å². The van der Waals surface area contributed by atoms with Crippen LogP contribution in [0.2, 0.25) is 5.02 Å². The molecule has 1 saturated heterocycles. The minimum atomic E-state index is -0.354. The average molecular weight is 405 g/mol. The molecule has 0 atom stereocenters. The zero-order valence-corrected chi connectivity index (χ0v) is 16.2. The second-order valence-electron chi connectivity index (χ2n) is 6.66. The number of carbonyl (C=O) groups excluding carboxylic acids is 3. The zero-order chi connectivity index (χ0) is 20.1. The topological polar surface area (TPSA) is 105 Å². The van der Waals surface area contributed by atoms with E-state index in [0.29, 0.717) is 48.1 Å². The Balaban J connectivity index is 1.43. The molecule has 28 heavy (non-hydrogen) atoms. The molecule has 1 aromatic heterocycles. The van der Waals surface area contributed by atoms with Crippen molar-refractivity contribution in [1.29, 1.82) is 0 Å². The van der Waals surface area contributed by atoms with Crippen molar-refractivity contribution in [3.8, 4) is 0 Å². The summed E-state index contributed by atoms with van der Waals surface area (Å²) < 4.78 is 4.93. The molecule has 2 N–H and O–H groups in total. The van der Waals surface area contributed by atoms with Gasteiger partial charge in [0.05, 0.1) is 6.54 Å². The molecule has 1 aliphatic rings. The van der Waals surface area contributed by atoms with Crippen LogP contribution in [-0.4, -0.2) is 47.4 Å². The van der Waals surface area contributed by atoms with Crippen molar-refractivity contribution < 1.29 is 18.9 Å². The first kappa shape index (κ1) is 19.9. The molecule has 0 saturated carbocycles. The molecule has 8 nitrogen and oxygen atoms in total. The monoisotopic (exact) mass is 404 g/mol. The molecule has 1 aromatic carbocycles. The van der Waals surface area contributed by atoms with Crippen molar-refractivity contribution in [3.63, 3.8) is 0 Å². The number of nitrogens with one attached hydrogen (secondary N) is 2. The first-order valence-corrected chi connectivity index (χ1v) is 9.36. The Kier molecular flexibility index (Phi) is 6.30. The van der Waals surface area contributed by atoms with E-state index in [9.17, 15) is 14.4 Å². The molecule has 0 bridgehead atoms. The number of aryl methyl sites for hydroxylation is 1. The molecule has 3 amide bonds. The number of amides is 3. The molecular formula is C19H21ClN4O4. The molecule has 3 rings (SSSR count). The SMILES string of the molecule is Cc1cc(NC(=O)C2CCN(C(=O)CNC(=O)c3cccc(Cl)c3)CC2)no1. The lowest BCUT2D eigenvalue weighted by Gasteiger charge is -2.31. The third-order valence-corrected chi connectivity index (χ3v) is 4.82. The Morgan fingerprint density at radius 3 is 2.64 bits per heavy atom. The fraction of sp³-hybridized carbons (Fsp3) is 0.368. The summed E-state index contributed by atoms with van der Waals surface area (Å²) in [6.07, 6.45) is 1.10. The molecule has 0 spiro atoms. The van der Waals surface area contributed by atoms with Gasteiger partial charge in [-0.1, -0.05) is 22.8 Å².